The van der Waals surface area contributed by atoms with E-state index in [9.17, 15) is 8.78 Å². The minimum absolute atomic E-state index is 0.0510. The Bertz CT molecular complexity index is 619. The molecule has 2 nitrogen and oxygen atoms in total. The summed E-state index contributed by atoms with van der Waals surface area (Å²) in [6.45, 7) is 3.40. The van der Waals surface area contributed by atoms with Crippen molar-refractivity contribution in [3.05, 3.63) is 63.6 Å². The van der Waals surface area contributed by atoms with Crippen molar-refractivity contribution in [2.75, 3.05) is 6.54 Å². The molecule has 0 heterocycles. The van der Waals surface area contributed by atoms with Crippen molar-refractivity contribution in [1.29, 1.82) is 0 Å². The van der Waals surface area contributed by atoms with E-state index in [1.807, 2.05) is 6.92 Å². The third-order valence-corrected chi connectivity index (χ3v) is 3.41. The van der Waals surface area contributed by atoms with Crippen LogP contribution in [0.3, 0.4) is 0 Å². The van der Waals surface area contributed by atoms with Crippen LogP contribution in [0.25, 0.3) is 0 Å². The summed E-state index contributed by atoms with van der Waals surface area (Å²) < 4.78 is 33.4. The number of halogens is 3. The SMILES string of the molecule is CCNCc1cc(F)cc(OCc2cc(Br)ccc2F)c1. The van der Waals surface area contributed by atoms with E-state index >= 15 is 0 Å². The molecule has 5 heteroatoms. The molecule has 0 aliphatic rings. The van der Waals surface area contributed by atoms with Gasteiger partial charge in [-0.1, -0.05) is 22.9 Å². The largest absolute Gasteiger partial charge is 0.489 e. The lowest BCUT2D eigenvalue weighted by Gasteiger charge is -2.10. The maximum Gasteiger partial charge on any atom is 0.129 e. The fourth-order valence-electron chi connectivity index (χ4n) is 1.89. The molecular formula is C16H16BrF2NO. The molecule has 0 saturated heterocycles. The summed E-state index contributed by atoms with van der Waals surface area (Å²) in [7, 11) is 0. The molecular weight excluding hydrogens is 340 g/mol. The van der Waals surface area contributed by atoms with E-state index in [1.165, 1.54) is 18.2 Å². The van der Waals surface area contributed by atoms with E-state index in [1.54, 1.807) is 18.2 Å². The van der Waals surface area contributed by atoms with Gasteiger partial charge in [0.2, 0.25) is 0 Å². The number of rotatable bonds is 6. The van der Waals surface area contributed by atoms with Gasteiger partial charge in [-0.05, 0) is 42.4 Å². The average molecular weight is 356 g/mol. The molecule has 2 rings (SSSR count). The first kappa shape index (κ1) is 15.9. The Morgan fingerprint density at radius 2 is 1.95 bits per heavy atom. The molecule has 112 valence electrons. The van der Waals surface area contributed by atoms with Gasteiger partial charge in [0.15, 0.2) is 0 Å². The molecule has 2 aromatic rings. The molecule has 0 amide bonds. The summed E-state index contributed by atoms with van der Waals surface area (Å²) in [5, 5.41) is 3.12. The van der Waals surface area contributed by atoms with E-state index in [-0.39, 0.29) is 18.2 Å². The highest BCUT2D eigenvalue weighted by Crippen LogP contribution is 2.20. The highest BCUT2D eigenvalue weighted by molar-refractivity contribution is 9.10. The zero-order valence-electron chi connectivity index (χ0n) is 11.6. The first-order valence-electron chi connectivity index (χ1n) is 6.65. The van der Waals surface area contributed by atoms with Crippen LogP contribution in [-0.4, -0.2) is 6.54 Å². The van der Waals surface area contributed by atoms with Gasteiger partial charge in [0.05, 0.1) is 0 Å². The highest BCUT2D eigenvalue weighted by atomic mass is 79.9. The van der Waals surface area contributed by atoms with Crippen LogP contribution in [0, 0.1) is 11.6 Å². The molecule has 0 saturated carbocycles. The maximum absolute atomic E-state index is 13.6. The van der Waals surface area contributed by atoms with E-state index in [0.717, 1.165) is 16.6 Å². The predicted octanol–water partition coefficient (Wildman–Crippen LogP) is 4.42. The fourth-order valence-corrected chi connectivity index (χ4v) is 2.30. The third-order valence-electron chi connectivity index (χ3n) is 2.91. The van der Waals surface area contributed by atoms with Crippen LogP contribution in [0.1, 0.15) is 18.1 Å². The van der Waals surface area contributed by atoms with Gasteiger partial charge in [-0.2, -0.15) is 0 Å². The third kappa shape index (κ3) is 4.79. The topological polar surface area (TPSA) is 21.3 Å². The second-order valence-corrected chi connectivity index (χ2v) is 5.52. The highest BCUT2D eigenvalue weighted by Gasteiger charge is 2.06. The molecule has 0 aromatic heterocycles. The minimum Gasteiger partial charge on any atom is -0.489 e. The van der Waals surface area contributed by atoms with Gasteiger partial charge >= 0.3 is 0 Å². The zero-order valence-corrected chi connectivity index (χ0v) is 13.2. The summed E-state index contributed by atoms with van der Waals surface area (Å²) in [5.74, 6) is -0.320. The molecule has 0 spiro atoms. The summed E-state index contributed by atoms with van der Waals surface area (Å²) in [5.41, 5.74) is 1.21. The van der Waals surface area contributed by atoms with E-state index in [0.29, 0.717) is 17.9 Å². The van der Waals surface area contributed by atoms with Crippen molar-refractivity contribution in [3.8, 4) is 5.75 Å². The molecule has 2 aromatic carbocycles. The quantitative estimate of drug-likeness (QED) is 0.828. The van der Waals surface area contributed by atoms with Crippen molar-refractivity contribution >= 4 is 15.9 Å². The van der Waals surface area contributed by atoms with Crippen molar-refractivity contribution < 1.29 is 13.5 Å². The number of nitrogens with one attached hydrogen (secondary N) is 1. The van der Waals surface area contributed by atoms with Gasteiger partial charge in [0.1, 0.15) is 24.0 Å². The molecule has 0 unspecified atom stereocenters. The molecule has 0 radical (unpaired) electrons. The zero-order chi connectivity index (χ0) is 15.2. The summed E-state index contributed by atoms with van der Waals surface area (Å²) in [6, 6.07) is 9.14. The maximum atomic E-state index is 13.6. The Labute approximate surface area is 131 Å². The van der Waals surface area contributed by atoms with E-state index in [4.69, 9.17) is 4.74 Å². The second kappa shape index (κ2) is 7.52. The van der Waals surface area contributed by atoms with Crippen LogP contribution in [0.2, 0.25) is 0 Å². The number of hydrogen-bond donors (Lipinski definition) is 1. The lowest BCUT2D eigenvalue weighted by Crippen LogP contribution is -2.12. The predicted molar refractivity (Wildman–Crippen MR) is 82.2 cm³/mol. The van der Waals surface area contributed by atoms with Crippen LogP contribution in [0.4, 0.5) is 8.78 Å². The van der Waals surface area contributed by atoms with Gasteiger partial charge in [-0.25, -0.2) is 8.78 Å². The van der Waals surface area contributed by atoms with Gasteiger partial charge in [-0.3, -0.25) is 0 Å². The van der Waals surface area contributed by atoms with Crippen LogP contribution >= 0.6 is 15.9 Å². The Balaban J connectivity index is 2.08. The van der Waals surface area contributed by atoms with Crippen LogP contribution in [0.5, 0.6) is 5.75 Å². The monoisotopic (exact) mass is 355 g/mol. The Morgan fingerprint density at radius 3 is 2.71 bits per heavy atom. The number of hydrogen-bond acceptors (Lipinski definition) is 2. The first-order chi connectivity index (χ1) is 10.1. The van der Waals surface area contributed by atoms with Gasteiger partial charge in [-0.15, -0.1) is 0 Å². The Hall–Kier alpha value is -1.46. The van der Waals surface area contributed by atoms with Crippen molar-refractivity contribution in [1.82, 2.24) is 5.32 Å². The average Bonchev–Trinajstić information content (AvgIpc) is 2.45. The normalized spacial score (nSPS) is 10.7. The van der Waals surface area contributed by atoms with Gasteiger partial charge in [0.25, 0.3) is 0 Å². The van der Waals surface area contributed by atoms with Crippen molar-refractivity contribution in [3.63, 3.8) is 0 Å². The minimum atomic E-state index is -0.366. The van der Waals surface area contributed by atoms with Gasteiger partial charge in [0, 0.05) is 22.6 Å². The number of ether oxygens (including phenoxy) is 1. The van der Waals surface area contributed by atoms with Crippen molar-refractivity contribution in [2.24, 2.45) is 0 Å². The summed E-state index contributed by atoms with van der Waals surface area (Å²) in [4.78, 5) is 0. The smallest absolute Gasteiger partial charge is 0.129 e. The molecule has 1 N–H and O–H groups in total. The van der Waals surface area contributed by atoms with E-state index in [2.05, 4.69) is 21.2 Å². The molecule has 0 bridgehead atoms. The van der Waals surface area contributed by atoms with Crippen LogP contribution in [0.15, 0.2) is 40.9 Å². The fraction of sp³-hybridized carbons (Fsp3) is 0.250. The molecule has 0 atom stereocenters. The lowest BCUT2D eigenvalue weighted by atomic mass is 10.2. The molecule has 21 heavy (non-hydrogen) atoms. The first-order valence-corrected chi connectivity index (χ1v) is 7.44. The molecule has 0 fully saturated rings. The Morgan fingerprint density at radius 1 is 1.14 bits per heavy atom. The lowest BCUT2D eigenvalue weighted by molar-refractivity contribution is 0.298. The summed E-state index contributed by atoms with van der Waals surface area (Å²) in [6.07, 6.45) is 0. The van der Waals surface area contributed by atoms with Gasteiger partial charge < -0.3 is 10.1 Å². The summed E-state index contributed by atoms with van der Waals surface area (Å²) >= 11 is 3.28. The molecule has 0 aliphatic heterocycles. The number of benzene rings is 2. The van der Waals surface area contributed by atoms with Crippen LogP contribution in [-0.2, 0) is 13.2 Å². The molecule has 0 aliphatic carbocycles. The Kier molecular flexibility index (Phi) is 5.70. The van der Waals surface area contributed by atoms with Crippen LogP contribution < -0.4 is 10.1 Å². The van der Waals surface area contributed by atoms with E-state index < -0.39 is 0 Å². The standard InChI is InChI=1S/C16H16BrF2NO/c1-2-20-9-11-5-14(18)8-15(6-11)21-10-12-7-13(17)3-4-16(12)19/h3-8,20H,2,9-10H2,1H3. The van der Waals surface area contributed by atoms with Crippen molar-refractivity contribution in [2.45, 2.75) is 20.1 Å². The second-order valence-electron chi connectivity index (χ2n) is 4.60.